The van der Waals surface area contributed by atoms with E-state index in [4.69, 9.17) is 9.47 Å². The zero-order chi connectivity index (χ0) is 15.6. The molecule has 0 bridgehead atoms. The topological polar surface area (TPSA) is 35.5 Å². The maximum absolute atomic E-state index is 12.6. The smallest absolute Gasteiger partial charge is 0.310 e. The third kappa shape index (κ3) is 2.16. The molecule has 3 heteroatoms. The second-order valence-electron chi connectivity index (χ2n) is 8.49. The Hall–Kier alpha value is -0.830. The molecule has 3 fully saturated rings. The highest BCUT2D eigenvalue weighted by Gasteiger charge is 2.65. The molecule has 0 radical (unpaired) electrons. The van der Waals surface area contributed by atoms with Gasteiger partial charge in [0.15, 0.2) is 0 Å². The van der Waals surface area contributed by atoms with Crippen molar-refractivity contribution in [2.24, 2.45) is 28.6 Å². The molecule has 1 saturated heterocycles. The van der Waals surface area contributed by atoms with E-state index in [-0.39, 0.29) is 34.9 Å². The van der Waals surface area contributed by atoms with Crippen molar-refractivity contribution in [3.63, 3.8) is 0 Å². The van der Waals surface area contributed by atoms with Crippen LogP contribution in [0.25, 0.3) is 0 Å². The van der Waals surface area contributed by atoms with Crippen molar-refractivity contribution in [3.05, 3.63) is 11.6 Å². The third-order valence-corrected chi connectivity index (χ3v) is 5.91. The Morgan fingerprint density at radius 1 is 1.19 bits per heavy atom. The van der Waals surface area contributed by atoms with Crippen LogP contribution in [0.2, 0.25) is 0 Å². The number of rotatable bonds is 3. The first-order valence-electron chi connectivity index (χ1n) is 8.14. The fourth-order valence-corrected chi connectivity index (χ4v) is 4.51. The molecule has 0 N–H and O–H groups in total. The Labute approximate surface area is 128 Å². The molecule has 3 rings (SSSR count). The van der Waals surface area contributed by atoms with Gasteiger partial charge in [-0.2, -0.15) is 0 Å². The summed E-state index contributed by atoms with van der Waals surface area (Å²) in [6, 6.07) is 0. The number of allylic oxidation sites excluding steroid dienone is 2. The number of ether oxygens (including phenoxy) is 2. The predicted molar refractivity (Wildman–Crippen MR) is 81.7 cm³/mol. The fourth-order valence-electron chi connectivity index (χ4n) is 4.51. The first-order valence-corrected chi connectivity index (χ1v) is 8.14. The Bertz CT molecular complexity index is 485. The van der Waals surface area contributed by atoms with Crippen LogP contribution in [0.15, 0.2) is 11.6 Å². The van der Waals surface area contributed by atoms with Crippen molar-refractivity contribution >= 4 is 5.97 Å². The van der Waals surface area contributed by atoms with Gasteiger partial charge < -0.3 is 9.47 Å². The highest BCUT2D eigenvalue weighted by atomic mass is 16.6. The highest BCUT2D eigenvalue weighted by molar-refractivity contribution is 5.78. The number of carbonyl (C=O) groups excluding carboxylic acids is 1. The van der Waals surface area contributed by atoms with Crippen LogP contribution in [0.3, 0.4) is 0 Å². The molecule has 2 aliphatic carbocycles. The lowest BCUT2D eigenvalue weighted by atomic mass is 9.59. The molecule has 0 aromatic heterocycles. The summed E-state index contributed by atoms with van der Waals surface area (Å²) in [7, 11) is 0. The molecular weight excluding hydrogens is 264 g/mol. The van der Waals surface area contributed by atoms with Gasteiger partial charge in [0.2, 0.25) is 0 Å². The summed E-state index contributed by atoms with van der Waals surface area (Å²) in [4.78, 5) is 12.6. The summed E-state index contributed by atoms with van der Waals surface area (Å²) >= 11 is 0. The molecule has 118 valence electrons. The van der Waals surface area contributed by atoms with E-state index >= 15 is 0 Å². The third-order valence-electron chi connectivity index (χ3n) is 5.91. The first kappa shape index (κ1) is 15.1. The summed E-state index contributed by atoms with van der Waals surface area (Å²) in [6.07, 6.45) is 3.55. The summed E-state index contributed by atoms with van der Waals surface area (Å²) in [6.45, 7) is 13.6. The van der Waals surface area contributed by atoms with Crippen molar-refractivity contribution in [1.82, 2.24) is 0 Å². The highest BCUT2D eigenvalue weighted by Crippen LogP contribution is 2.61. The normalized spacial score (nSPS) is 41.7. The lowest BCUT2D eigenvalue weighted by molar-refractivity contribution is -0.211. The number of carbonyl (C=O) groups is 1. The Morgan fingerprint density at radius 2 is 1.86 bits per heavy atom. The molecular formula is C18H28O3. The molecule has 0 spiro atoms. The monoisotopic (exact) mass is 292 g/mol. The number of esters is 1. The minimum absolute atomic E-state index is 0.00840. The lowest BCUT2D eigenvalue weighted by Crippen LogP contribution is -2.61. The van der Waals surface area contributed by atoms with Gasteiger partial charge in [0.05, 0.1) is 12.0 Å². The van der Waals surface area contributed by atoms with Crippen LogP contribution in [0.4, 0.5) is 0 Å². The van der Waals surface area contributed by atoms with Crippen LogP contribution in [-0.2, 0) is 14.3 Å². The predicted octanol–water partition coefficient (Wildman–Crippen LogP) is 3.58. The van der Waals surface area contributed by atoms with Gasteiger partial charge in [-0.05, 0) is 31.6 Å². The van der Waals surface area contributed by atoms with Crippen LogP contribution >= 0.6 is 0 Å². The summed E-state index contributed by atoms with van der Waals surface area (Å²) in [5, 5.41) is 0. The second kappa shape index (κ2) is 4.58. The lowest BCUT2D eigenvalue weighted by Gasteiger charge is -2.53. The summed E-state index contributed by atoms with van der Waals surface area (Å²) in [5.74, 6) is 0.747. The fraction of sp³-hybridized carbons (Fsp3) is 0.833. The Balaban J connectivity index is 1.67. The molecule has 0 aromatic rings. The van der Waals surface area contributed by atoms with Crippen LogP contribution in [0, 0.1) is 28.6 Å². The van der Waals surface area contributed by atoms with Gasteiger partial charge in [-0.1, -0.05) is 39.3 Å². The van der Waals surface area contributed by atoms with E-state index in [1.54, 1.807) is 0 Å². The maximum atomic E-state index is 12.6. The van der Waals surface area contributed by atoms with Crippen molar-refractivity contribution in [2.45, 2.75) is 60.2 Å². The first-order chi connectivity index (χ1) is 9.67. The zero-order valence-corrected chi connectivity index (χ0v) is 14.1. The molecule has 3 aliphatic rings. The standard InChI is InChI=1S/C18H28O3/c1-10(2)9-12-13(17(12,3)4)16(19)21-15-11-7-8-20-14(11)18(15,5)6/h9,11-15H,7-8H2,1-6H3/t11-,12-,13-,14+,15-/m1/s1. The zero-order valence-electron chi connectivity index (χ0n) is 14.1. The van der Waals surface area contributed by atoms with E-state index in [2.05, 4.69) is 47.6 Å². The second-order valence-corrected chi connectivity index (χ2v) is 8.49. The molecule has 3 nitrogen and oxygen atoms in total. The van der Waals surface area contributed by atoms with Crippen molar-refractivity contribution in [2.75, 3.05) is 6.61 Å². The molecule has 1 aliphatic heterocycles. The van der Waals surface area contributed by atoms with Gasteiger partial charge >= 0.3 is 5.97 Å². The minimum Gasteiger partial charge on any atom is -0.461 e. The van der Waals surface area contributed by atoms with Crippen LogP contribution in [0.1, 0.15) is 48.0 Å². The maximum Gasteiger partial charge on any atom is 0.310 e. The van der Waals surface area contributed by atoms with Crippen LogP contribution in [0.5, 0.6) is 0 Å². The van der Waals surface area contributed by atoms with E-state index in [0.717, 1.165) is 13.0 Å². The SMILES string of the molecule is CC(C)=C[C@@H]1[C@H](C(=O)O[C@@H]2[C@@H]3CCO[C@@H]3C2(C)C)C1(C)C. The minimum atomic E-state index is -0.0398. The number of hydrogen-bond donors (Lipinski definition) is 0. The summed E-state index contributed by atoms with van der Waals surface area (Å²) < 4.78 is 11.7. The van der Waals surface area contributed by atoms with Gasteiger partial charge in [-0.3, -0.25) is 4.79 Å². The van der Waals surface area contributed by atoms with Crippen molar-refractivity contribution in [1.29, 1.82) is 0 Å². The van der Waals surface area contributed by atoms with Crippen LogP contribution < -0.4 is 0 Å². The molecule has 1 heterocycles. The van der Waals surface area contributed by atoms with E-state index in [0.29, 0.717) is 11.8 Å². The largest absolute Gasteiger partial charge is 0.461 e. The Morgan fingerprint density at radius 3 is 2.48 bits per heavy atom. The number of fused-ring (bicyclic) bond motifs is 1. The van der Waals surface area contributed by atoms with Crippen molar-refractivity contribution < 1.29 is 14.3 Å². The molecule has 0 unspecified atom stereocenters. The van der Waals surface area contributed by atoms with E-state index < -0.39 is 0 Å². The molecule has 0 amide bonds. The molecule has 21 heavy (non-hydrogen) atoms. The quantitative estimate of drug-likeness (QED) is 0.589. The van der Waals surface area contributed by atoms with Gasteiger partial charge in [0, 0.05) is 17.9 Å². The van der Waals surface area contributed by atoms with E-state index in [9.17, 15) is 4.79 Å². The van der Waals surface area contributed by atoms with E-state index in [1.165, 1.54) is 5.57 Å². The summed E-state index contributed by atoms with van der Waals surface area (Å²) in [5.41, 5.74) is 1.27. The molecule has 0 aromatic carbocycles. The Kier molecular flexibility index (Phi) is 3.29. The number of hydrogen-bond acceptors (Lipinski definition) is 3. The average Bonchev–Trinajstić information content (AvgIpc) is 2.77. The van der Waals surface area contributed by atoms with Crippen LogP contribution in [-0.4, -0.2) is 24.8 Å². The molecule has 2 saturated carbocycles. The van der Waals surface area contributed by atoms with Gasteiger partial charge in [-0.25, -0.2) is 0 Å². The van der Waals surface area contributed by atoms with Gasteiger partial charge in [-0.15, -0.1) is 0 Å². The van der Waals surface area contributed by atoms with Gasteiger partial charge in [0.25, 0.3) is 0 Å². The molecule has 5 atom stereocenters. The van der Waals surface area contributed by atoms with Gasteiger partial charge in [0.1, 0.15) is 6.10 Å². The van der Waals surface area contributed by atoms with E-state index in [1.807, 2.05) is 0 Å². The average molecular weight is 292 g/mol. The van der Waals surface area contributed by atoms with Crippen molar-refractivity contribution in [3.8, 4) is 0 Å².